The summed E-state index contributed by atoms with van der Waals surface area (Å²) in [5, 5.41) is 0.268. The van der Waals surface area contributed by atoms with Crippen LogP contribution < -0.4 is 0 Å². The average Bonchev–Trinajstić information content (AvgIpc) is 2.44. The number of Topliss-reactive ketones (excluding diaryl/α,β-unsaturated/α-hetero) is 1. The summed E-state index contributed by atoms with van der Waals surface area (Å²) in [5.41, 5.74) is -0.0299. The number of ketones is 1. The van der Waals surface area contributed by atoms with Crippen LogP contribution in [0.1, 0.15) is 13.8 Å². The van der Waals surface area contributed by atoms with Crippen molar-refractivity contribution in [1.29, 1.82) is 0 Å². The van der Waals surface area contributed by atoms with E-state index in [1.54, 1.807) is 0 Å². The average molecular weight is 247 g/mol. The van der Waals surface area contributed by atoms with Gasteiger partial charge in [-0.1, -0.05) is 29.8 Å². The number of cyclic esters (lactones) is 1. The van der Waals surface area contributed by atoms with Gasteiger partial charge < -0.3 is 4.74 Å². The van der Waals surface area contributed by atoms with Gasteiger partial charge in [0.15, 0.2) is 11.9 Å². The van der Waals surface area contributed by atoms with E-state index in [9.17, 15) is 9.59 Å². The number of hydrogen-bond acceptors (Lipinski definition) is 3. The van der Waals surface area contributed by atoms with Gasteiger partial charge in [0.05, 0.1) is 11.2 Å². The van der Waals surface area contributed by atoms with Crippen molar-refractivity contribution in [2.24, 2.45) is 17.3 Å². The molecule has 2 fully saturated rings. The largest absolute Gasteiger partial charge is 0.454 e. The van der Waals surface area contributed by atoms with E-state index in [4.69, 9.17) is 4.74 Å². The Hall–Kier alpha value is -0.380. The number of ether oxygens (including phenoxy) is 1. The molecule has 1 heterocycles. The van der Waals surface area contributed by atoms with Crippen molar-refractivity contribution >= 4 is 27.7 Å². The van der Waals surface area contributed by atoms with Crippen molar-refractivity contribution in [3.63, 3.8) is 0 Å². The summed E-state index contributed by atoms with van der Waals surface area (Å²) in [6.07, 6.45) is -0.494. The van der Waals surface area contributed by atoms with E-state index in [1.807, 2.05) is 13.8 Å². The molecular formula is C9H11BrO3. The molecule has 13 heavy (non-hydrogen) atoms. The molecule has 1 aliphatic carbocycles. The fourth-order valence-corrected chi connectivity index (χ4v) is 2.63. The molecule has 2 rings (SSSR count). The van der Waals surface area contributed by atoms with Gasteiger partial charge in [0, 0.05) is 5.92 Å². The molecule has 0 aromatic heterocycles. The van der Waals surface area contributed by atoms with E-state index in [2.05, 4.69) is 15.9 Å². The van der Waals surface area contributed by atoms with Crippen LogP contribution in [0.5, 0.6) is 0 Å². The lowest BCUT2D eigenvalue weighted by molar-refractivity contribution is -0.152. The molecule has 0 spiro atoms. The molecular weight excluding hydrogens is 236 g/mol. The van der Waals surface area contributed by atoms with E-state index < -0.39 is 6.10 Å². The van der Waals surface area contributed by atoms with Gasteiger partial charge >= 0.3 is 5.97 Å². The number of alkyl halides is 1. The number of carbonyl (C=O) groups is 2. The first kappa shape index (κ1) is 9.19. The zero-order chi connectivity index (χ0) is 9.80. The smallest absolute Gasteiger partial charge is 0.310 e. The van der Waals surface area contributed by atoms with Crippen LogP contribution >= 0.6 is 15.9 Å². The lowest BCUT2D eigenvalue weighted by Gasteiger charge is -2.15. The predicted molar refractivity (Wildman–Crippen MR) is 49.4 cm³/mol. The highest BCUT2D eigenvalue weighted by Gasteiger charge is 2.72. The quantitative estimate of drug-likeness (QED) is 0.543. The lowest BCUT2D eigenvalue weighted by atomic mass is 10.0. The summed E-state index contributed by atoms with van der Waals surface area (Å²) >= 11 is 3.09. The van der Waals surface area contributed by atoms with Crippen LogP contribution in [0.4, 0.5) is 0 Å². The molecule has 2 aliphatic rings. The summed E-state index contributed by atoms with van der Waals surface area (Å²) in [6, 6.07) is 0. The molecule has 3 atom stereocenters. The topological polar surface area (TPSA) is 43.4 Å². The van der Waals surface area contributed by atoms with Crippen LogP contribution in [-0.2, 0) is 14.3 Å². The standard InChI is InChI=1S/C9H11BrO3/c1-9(2)5-6(9)8(12)13-7(5)4(11)3-10/h5-7H,3H2,1-2H3. The fourth-order valence-electron chi connectivity index (χ4n) is 2.31. The highest BCUT2D eigenvalue weighted by Crippen LogP contribution is 2.64. The summed E-state index contributed by atoms with van der Waals surface area (Å²) in [5.74, 6) is -0.147. The van der Waals surface area contributed by atoms with Gasteiger partial charge in [0.2, 0.25) is 0 Å². The van der Waals surface area contributed by atoms with E-state index in [0.29, 0.717) is 0 Å². The maximum atomic E-state index is 11.4. The number of fused-ring (bicyclic) bond motifs is 1. The maximum absolute atomic E-state index is 11.4. The van der Waals surface area contributed by atoms with Crippen molar-refractivity contribution < 1.29 is 14.3 Å². The van der Waals surface area contributed by atoms with Crippen molar-refractivity contribution in [3.8, 4) is 0 Å². The van der Waals surface area contributed by atoms with Gasteiger partial charge in [0.25, 0.3) is 0 Å². The van der Waals surface area contributed by atoms with Crippen LogP contribution in [0.3, 0.4) is 0 Å². The van der Waals surface area contributed by atoms with Crippen LogP contribution in [0.2, 0.25) is 0 Å². The molecule has 3 unspecified atom stereocenters. The molecule has 1 saturated heterocycles. The molecule has 0 aromatic rings. The van der Waals surface area contributed by atoms with E-state index in [0.717, 1.165) is 0 Å². The third-order valence-corrected chi connectivity index (χ3v) is 3.74. The number of esters is 1. The zero-order valence-corrected chi connectivity index (χ0v) is 9.13. The summed E-state index contributed by atoms with van der Waals surface area (Å²) < 4.78 is 4.99. The van der Waals surface area contributed by atoms with Gasteiger partial charge in [-0.05, 0) is 5.41 Å². The first-order valence-electron chi connectivity index (χ1n) is 4.29. The molecule has 0 bridgehead atoms. The maximum Gasteiger partial charge on any atom is 0.310 e. The van der Waals surface area contributed by atoms with Crippen LogP contribution in [0.25, 0.3) is 0 Å². The van der Waals surface area contributed by atoms with E-state index in [-0.39, 0.29) is 34.3 Å². The molecule has 3 nitrogen and oxygen atoms in total. The van der Waals surface area contributed by atoms with Gasteiger partial charge in [-0.25, -0.2) is 0 Å². The number of carbonyl (C=O) groups excluding carboxylic acids is 2. The second kappa shape index (κ2) is 2.56. The normalized spacial score (nSPS) is 39.6. The predicted octanol–water partition coefficient (Wildman–Crippen LogP) is 1.15. The number of halogens is 1. The number of hydrogen-bond donors (Lipinski definition) is 0. The van der Waals surface area contributed by atoms with Gasteiger partial charge in [-0.2, -0.15) is 0 Å². The van der Waals surface area contributed by atoms with Crippen LogP contribution in [0, 0.1) is 17.3 Å². The molecule has 4 heteroatoms. The van der Waals surface area contributed by atoms with Crippen molar-refractivity contribution in [2.75, 3.05) is 5.33 Å². The molecule has 1 saturated carbocycles. The Morgan fingerprint density at radius 1 is 1.62 bits per heavy atom. The van der Waals surface area contributed by atoms with E-state index in [1.165, 1.54) is 0 Å². The fraction of sp³-hybridized carbons (Fsp3) is 0.778. The molecule has 0 amide bonds. The highest BCUT2D eigenvalue weighted by atomic mass is 79.9. The second-order valence-electron chi connectivity index (χ2n) is 4.28. The molecule has 0 aromatic carbocycles. The Morgan fingerprint density at radius 3 is 2.62 bits per heavy atom. The lowest BCUT2D eigenvalue weighted by Crippen LogP contribution is -2.29. The summed E-state index contributed by atoms with van der Waals surface area (Å²) in [6.45, 7) is 4.02. The monoisotopic (exact) mass is 246 g/mol. The molecule has 72 valence electrons. The van der Waals surface area contributed by atoms with E-state index >= 15 is 0 Å². The van der Waals surface area contributed by atoms with Crippen molar-refractivity contribution in [3.05, 3.63) is 0 Å². The summed E-state index contributed by atoms with van der Waals surface area (Å²) in [4.78, 5) is 22.6. The SMILES string of the molecule is CC1(C)C2C(=O)OC(C(=O)CBr)C21. The second-order valence-corrected chi connectivity index (χ2v) is 4.84. The Labute approximate surface area is 85.0 Å². The third-order valence-electron chi connectivity index (χ3n) is 3.18. The van der Waals surface area contributed by atoms with Crippen LogP contribution in [-0.4, -0.2) is 23.2 Å². The van der Waals surface area contributed by atoms with Crippen molar-refractivity contribution in [1.82, 2.24) is 0 Å². The Kier molecular flexibility index (Phi) is 1.81. The van der Waals surface area contributed by atoms with Gasteiger partial charge in [-0.3, -0.25) is 9.59 Å². The molecule has 1 aliphatic heterocycles. The van der Waals surface area contributed by atoms with Crippen molar-refractivity contribution in [2.45, 2.75) is 20.0 Å². The minimum absolute atomic E-state index is 0.0218. The number of rotatable bonds is 2. The highest BCUT2D eigenvalue weighted by molar-refractivity contribution is 9.09. The minimum atomic E-state index is -0.494. The first-order chi connectivity index (χ1) is 6.00. The van der Waals surface area contributed by atoms with Gasteiger partial charge in [0.1, 0.15) is 0 Å². The molecule has 0 N–H and O–H groups in total. The first-order valence-corrected chi connectivity index (χ1v) is 5.41. The Balaban J connectivity index is 2.18. The van der Waals surface area contributed by atoms with Gasteiger partial charge in [-0.15, -0.1) is 0 Å². The Bertz CT molecular complexity index is 285. The third kappa shape index (κ3) is 1.08. The Morgan fingerprint density at radius 2 is 2.23 bits per heavy atom. The minimum Gasteiger partial charge on any atom is -0.454 e. The summed E-state index contributed by atoms with van der Waals surface area (Å²) in [7, 11) is 0. The zero-order valence-electron chi connectivity index (χ0n) is 7.54. The molecule has 0 radical (unpaired) electrons. The van der Waals surface area contributed by atoms with Crippen LogP contribution in [0.15, 0.2) is 0 Å².